The van der Waals surface area contributed by atoms with Gasteiger partial charge in [-0.25, -0.2) is 9.97 Å². The smallest absolute Gasteiger partial charge is 0.210 e. The summed E-state index contributed by atoms with van der Waals surface area (Å²) in [5.41, 5.74) is 2.46. The molecule has 1 unspecified atom stereocenters. The summed E-state index contributed by atoms with van der Waals surface area (Å²) in [6, 6.07) is 4.99. The summed E-state index contributed by atoms with van der Waals surface area (Å²) < 4.78 is 0. The van der Waals surface area contributed by atoms with Gasteiger partial charge in [0.05, 0.1) is 11.1 Å². The zero-order chi connectivity index (χ0) is 15.2. The molecule has 2 aromatic rings. The van der Waals surface area contributed by atoms with Crippen LogP contribution >= 0.6 is 11.6 Å². The van der Waals surface area contributed by atoms with E-state index in [2.05, 4.69) is 9.97 Å². The largest absolute Gasteiger partial charge is 0.493 e. The summed E-state index contributed by atoms with van der Waals surface area (Å²) in [6.07, 6.45) is 2.91. The number of hydrogen-bond donors (Lipinski definition) is 1. The van der Waals surface area contributed by atoms with Gasteiger partial charge in [0.1, 0.15) is 5.15 Å². The van der Waals surface area contributed by atoms with Gasteiger partial charge in [0.25, 0.3) is 0 Å². The zero-order valence-electron chi connectivity index (χ0n) is 11.9. The minimum absolute atomic E-state index is 0.0397. The second kappa shape index (κ2) is 4.81. The first-order chi connectivity index (χ1) is 9.91. The van der Waals surface area contributed by atoms with E-state index in [1.807, 2.05) is 13.8 Å². The van der Waals surface area contributed by atoms with E-state index < -0.39 is 5.41 Å². The van der Waals surface area contributed by atoms with Gasteiger partial charge in [0.15, 0.2) is 5.78 Å². The first-order valence-corrected chi connectivity index (χ1v) is 7.16. The second-order valence-corrected chi connectivity index (χ2v) is 6.04. The first-order valence-electron chi connectivity index (χ1n) is 6.78. The van der Waals surface area contributed by atoms with Crippen LogP contribution in [0.3, 0.4) is 0 Å². The van der Waals surface area contributed by atoms with Crippen molar-refractivity contribution in [1.29, 1.82) is 0 Å². The standard InChI is InChI=1S/C16H15ClN2O2/c1-9-7-12(17)19-11-5-6-16(2,15(21)14(9)11)10-3-4-13(20)18-8-10/h3-4,7-8H,5-6H2,1-2H3,(H,18,20). The van der Waals surface area contributed by atoms with Gasteiger partial charge in [0, 0.05) is 17.8 Å². The lowest BCUT2D eigenvalue weighted by molar-refractivity contribution is 0.0873. The number of carbonyl (C=O) groups excluding carboxylic acids is 1. The maximum Gasteiger partial charge on any atom is 0.210 e. The Morgan fingerprint density at radius 2 is 2.14 bits per heavy atom. The van der Waals surface area contributed by atoms with E-state index in [0.717, 1.165) is 16.8 Å². The van der Waals surface area contributed by atoms with Crippen LogP contribution in [0, 0.1) is 6.92 Å². The van der Waals surface area contributed by atoms with Gasteiger partial charge in [-0.2, -0.15) is 0 Å². The Morgan fingerprint density at radius 3 is 2.81 bits per heavy atom. The number of aromatic nitrogens is 2. The summed E-state index contributed by atoms with van der Waals surface area (Å²) in [5.74, 6) is -0.00598. The molecule has 2 aromatic heterocycles. The highest BCUT2D eigenvalue weighted by molar-refractivity contribution is 6.29. The summed E-state index contributed by atoms with van der Waals surface area (Å²) in [6.45, 7) is 3.80. The average molecular weight is 303 g/mol. The summed E-state index contributed by atoms with van der Waals surface area (Å²) in [7, 11) is 0. The number of rotatable bonds is 1. The van der Waals surface area contributed by atoms with E-state index in [1.165, 1.54) is 6.07 Å². The Balaban J connectivity index is 2.11. The van der Waals surface area contributed by atoms with Crippen LogP contribution in [0.4, 0.5) is 0 Å². The molecule has 21 heavy (non-hydrogen) atoms. The van der Waals surface area contributed by atoms with Gasteiger partial charge in [-0.05, 0) is 43.9 Å². The molecule has 1 atom stereocenters. The molecule has 4 nitrogen and oxygen atoms in total. The van der Waals surface area contributed by atoms with Crippen molar-refractivity contribution in [3.63, 3.8) is 0 Å². The number of aryl methyl sites for hydroxylation is 2. The molecule has 2 heterocycles. The molecule has 0 saturated carbocycles. The molecule has 1 N–H and O–H groups in total. The number of nitrogens with zero attached hydrogens (tertiary/aromatic N) is 2. The third kappa shape index (κ3) is 2.20. The van der Waals surface area contributed by atoms with E-state index in [0.29, 0.717) is 23.6 Å². The molecular formula is C16H15ClN2O2. The lowest BCUT2D eigenvalue weighted by atomic mass is 9.68. The minimum atomic E-state index is -0.645. The van der Waals surface area contributed by atoms with Gasteiger partial charge in [-0.1, -0.05) is 17.7 Å². The third-order valence-corrected chi connectivity index (χ3v) is 4.43. The lowest BCUT2D eigenvalue weighted by Crippen LogP contribution is -2.38. The van der Waals surface area contributed by atoms with Crippen LogP contribution in [-0.2, 0) is 11.8 Å². The fourth-order valence-corrected chi connectivity index (χ4v) is 3.20. The van der Waals surface area contributed by atoms with Gasteiger partial charge < -0.3 is 5.11 Å². The Labute approximate surface area is 127 Å². The first kappa shape index (κ1) is 14.0. The summed E-state index contributed by atoms with van der Waals surface area (Å²) in [5, 5.41) is 9.74. The number of hydrogen-bond acceptors (Lipinski definition) is 4. The van der Waals surface area contributed by atoms with E-state index in [-0.39, 0.29) is 11.7 Å². The van der Waals surface area contributed by atoms with Gasteiger partial charge in [-0.15, -0.1) is 0 Å². The van der Waals surface area contributed by atoms with Crippen LogP contribution in [0.2, 0.25) is 5.15 Å². The normalized spacial score (nSPS) is 21.2. The fourth-order valence-electron chi connectivity index (χ4n) is 2.93. The highest BCUT2D eigenvalue weighted by Crippen LogP contribution is 2.39. The zero-order valence-corrected chi connectivity index (χ0v) is 12.6. The number of Topliss-reactive ketones (excluding diaryl/α,β-unsaturated/α-hetero) is 1. The van der Waals surface area contributed by atoms with E-state index in [9.17, 15) is 9.90 Å². The highest BCUT2D eigenvalue weighted by atomic mass is 35.5. The molecule has 0 radical (unpaired) electrons. The van der Waals surface area contributed by atoms with E-state index in [1.54, 1.807) is 18.3 Å². The molecule has 0 spiro atoms. The molecular weight excluding hydrogens is 288 g/mol. The topological polar surface area (TPSA) is 63.1 Å². The SMILES string of the molecule is Cc1cc(Cl)nc2c1C(=O)C(C)(c1ccc(O)nc1)CC2. The van der Waals surface area contributed by atoms with Crippen LogP contribution < -0.4 is 0 Å². The Bertz CT molecular complexity index is 728. The predicted molar refractivity (Wildman–Crippen MR) is 79.9 cm³/mol. The van der Waals surface area contributed by atoms with Crippen molar-refractivity contribution in [2.45, 2.75) is 32.1 Å². The lowest BCUT2D eigenvalue weighted by Gasteiger charge is -2.33. The number of aromatic hydroxyl groups is 1. The Kier molecular flexibility index (Phi) is 3.21. The van der Waals surface area contributed by atoms with Crippen LogP contribution in [0.25, 0.3) is 0 Å². The minimum Gasteiger partial charge on any atom is -0.493 e. The van der Waals surface area contributed by atoms with Crippen LogP contribution in [0.1, 0.15) is 40.5 Å². The Morgan fingerprint density at radius 1 is 1.38 bits per heavy atom. The molecule has 108 valence electrons. The monoisotopic (exact) mass is 302 g/mol. The van der Waals surface area contributed by atoms with Gasteiger partial charge in [0.2, 0.25) is 5.88 Å². The molecule has 0 fully saturated rings. The average Bonchev–Trinajstić information content (AvgIpc) is 2.43. The number of fused-ring (bicyclic) bond motifs is 1. The fraction of sp³-hybridized carbons (Fsp3) is 0.312. The van der Waals surface area contributed by atoms with Gasteiger partial charge in [-0.3, -0.25) is 4.79 Å². The maximum atomic E-state index is 13.0. The number of pyridine rings is 2. The summed E-state index contributed by atoms with van der Waals surface area (Å²) >= 11 is 5.97. The molecule has 0 saturated heterocycles. The highest BCUT2D eigenvalue weighted by Gasteiger charge is 2.41. The van der Waals surface area contributed by atoms with Crippen molar-refractivity contribution in [3.8, 4) is 5.88 Å². The molecule has 1 aliphatic rings. The summed E-state index contributed by atoms with van der Waals surface area (Å²) in [4.78, 5) is 21.2. The maximum absolute atomic E-state index is 13.0. The molecule has 0 aliphatic heterocycles. The van der Waals surface area contributed by atoms with Crippen LogP contribution in [0.5, 0.6) is 5.88 Å². The van der Waals surface area contributed by atoms with Gasteiger partial charge >= 0.3 is 0 Å². The van der Waals surface area contributed by atoms with Crippen molar-refractivity contribution in [3.05, 3.63) is 51.9 Å². The van der Waals surface area contributed by atoms with Crippen molar-refractivity contribution >= 4 is 17.4 Å². The van der Waals surface area contributed by atoms with Crippen LogP contribution in [-0.4, -0.2) is 20.9 Å². The van der Waals surface area contributed by atoms with Crippen molar-refractivity contribution in [2.75, 3.05) is 0 Å². The number of ketones is 1. The second-order valence-electron chi connectivity index (χ2n) is 5.65. The van der Waals surface area contributed by atoms with Crippen LogP contribution in [0.15, 0.2) is 24.4 Å². The molecule has 5 heteroatoms. The Hall–Kier alpha value is -1.94. The molecule has 0 aromatic carbocycles. The van der Waals surface area contributed by atoms with Crippen molar-refractivity contribution in [1.82, 2.24) is 9.97 Å². The quantitative estimate of drug-likeness (QED) is 0.822. The third-order valence-electron chi connectivity index (χ3n) is 4.24. The predicted octanol–water partition coefficient (Wildman–Crippen LogP) is 3.23. The molecule has 3 rings (SSSR count). The van der Waals surface area contributed by atoms with E-state index >= 15 is 0 Å². The number of carbonyl (C=O) groups is 1. The molecule has 0 amide bonds. The molecule has 0 bridgehead atoms. The van der Waals surface area contributed by atoms with Crippen molar-refractivity contribution < 1.29 is 9.90 Å². The van der Waals surface area contributed by atoms with E-state index in [4.69, 9.17) is 11.6 Å². The van der Waals surface area contributed by atoms with Crippen molar-refractivity contribution in [2.24, 2.45) is 0 Å². The molecule has 1 aliphatic carbocycles. The number of halogens is 1.